The van der Waals surface area contributed by atoms with Gasteiger partial charge in [-0.2, -0.15) is 0 Å². The molecule has 2 aromatic rings. The Labute approximate surface area is 110 Å². The number of aromatic nitrogens is 1. The van der Waals surface area contributed by atoms with Gasteiger partial charge in [0.05, 0.1) is 11.2 Å². The first-order chi connectivity index (χ1) is 8.47. The van der Waals surface area contributed by atoms with E-state index in [4.69, 9.17) is 4.74 Å². The summed E-state index contributed by atoms with van der Waals surface area (Å²) in [5, 5.41) is 0.860. The van der Waals surface area contributed by atoms with Gasteiger partial charge < -0.3 is 4.74 Å². The summed E-state index contributed by atoms with van der Waals surface area (Å²) in [6, 6.07) is 3.96. The maximum Gasteiger partial charge on any atom is 0.355 e. The van der Waals surface area contributed by atoms with Crippen molar-refractivity contribution in [1.82, 2.24) is 4.98 Å². The fourth-order valence-corrected chi connectivity index (χ4v) is 2.37. The molecule has 0 aliphatic heterocycles. The highest BCUT2D eigenvalue weighted by Crippen LogP contribution is 2.25. The summed E-state index contributed by atoms with van der Waals surface area (Å²) in [5.41, 5.74) is 3.20. The molecule has 0 bridgehead atoms. The van der Waals surface area contributed by atoms with E-state index in [1.807, 2.05) is 33.8 Å². The molecule has 1 aromatic carbocycles. The largest absolute Gasteiger partial charge is 0.422 e. The monoisotopic (exact) mass is 261 g/mol. The lowest BCUT2D eigenvalue weighted by Gasteiger charge is -2.10. The number of thiazole rings is 1. The Hall–Kier alpha value is -1.68. The molecule has 3 nitrogen and oxygen atoms in total. The Bertz CT molecular complexity index is 602. The van der Waals surface area contributed by atoms with Crippen molar-refractivity contribution in [3.8, 4) is 5.75 Å². The van der Waals surface area contributed by atoms with Crippen LogP contribution in [0.2, 0.25) is 0 Å². The summed E-state index contributed by atoms with van der Waals surface area (Å²) >= 11 is 1.34. The average molecular weight is 261 g/mol. The molecule has 18 heavy (non-hydrogen) atoms. The average Bonchev–Trinajstić information content (AvgIpc) is 2.72. The van der Waals surface area contributed by atoms with Crippen LogP contribution >= 0.6 is 11.3 Å². The van der Waals surface area contributed by atoms with E-state index < -0.39 is 0 Å². The van der Waals surface area contributed by atoms with E-state index in [0.717, 1.165) is 21.7 Å². The van der Waals surface area contributed by atoms with E-state index in [1.165, 1.54) is 11.3 Å². The van der Waals surface area contributed by atoms with Gasteiger partial charge in [0.1, 0.15) is 10.6 Å². The molecule has 0 spiro atoms. The van der Waals surface area contributed by atoms with Crippen molar-refractivity contribution >= 4 is 17.3 Å². The second kappa shape index (κ2) is 4.90. The van der Waals surface area contributed by atoms with Gasteiger partial charge in [0.15, 0.2) is 0 Å². The molecular weight excluding hydrogens is 246 g/mol. The van der Waals surface area contributed by atoms with E-state index in [1.54, 1.807) is 6.20 Å². The molecule has 0 fully saturated rings. The maximum absolute atomic E-state index is 12.0. The van der Waals surface area contributed by atoms with Crippen LogP contribution < -0.4 is 4.74 Å². The Morgan fingerprint density at radius 3 is 2.56 bits per heavy atom. The van der Waals surface area contributed by atoms with Crippen LogP contribution in [0, 0.1) is 27.7 Å². The number of esters is 1. The predicted molar refractivity (Wildman–Crippen MR) is 72.5 cm³/mol. The number of ether oxygens (including phenoxy) is 1. The number of nitrogens with zero attached hydrogens (tertiary/aromatic N) is 1. The van der Waals surface area contributed by atoms with Gasteiger partial charge in [-0.25, -0.2) is 9.78 Å². The lowest BCUT2D eigenvalue weighted by atomic mass is 10.1. The highest BCUT2D eigenvalue weighted by molar-refractivity contribution is 7.13. The highest BCUT2D eigenvalue weighted by Gasteiger charge is 2.14. The van der Waals surface area contributed by atoms with E-state index >= 15 is 0 Å². The molecule has 4 heteroatoms. The summed E-state index contributed by atoms with van der Waals surface area (Å²) in [6.45, 7) is 7.82. The summed E-state index contributed by atoms with van der Waals surface area (Å²) in [4.78, 5) is 16.5. The third kappa shape index (κ3) is 2.59. The zero-order chi connectivity index (χ0) is 13.3. The summed E-state index contributed by atoms with van der Waals surface area (Å²) < 4.78 is 5.44. The molecule has 0 saturated heterocycles. The molecule has 0 N–H and O–H groups in total. The molecule has 0 unspecified atom stereocenters. The van der Waals surface area contributed by atoms with Crippen LogP contribution in [0.25, 0.3) is 0 Å². The number of benzene rings is 1. The number of rotatable bonds is 2. The van der Waals surface area contributed by atoms with Gasteiger partial charge in [0, 0.05) is 0 Å². The quantitative estimate of drug-likeness (QED) is 0.612. The predicted octanol–water partition coefficient (Wildman–Crippen LogP) is 3.60. The third-order valence-corrected chi connectivity index (χ3v) is 3.68. The Kier molecular flexibility index (Phi) is 3.48. The van der Waals surface area contributed by atoms with Gasteiger partial charge in [-0.3, -0.25) is 0 Å². The molecule has 0 radical (unpaired) electrons. The van der Waals surface area contributed by atoms with Crippen molar-refractivity contribution in [3.05, 3.63) is 44.9 Å². The fourth-order valence-electron chi connectivity index (χ4n) is 1.71. The lowest BCUT2D eigenvalue weighted by Crippen LogP contribution is -2.08. The van der Waals surface area contributed by atoms with Crippen molar-refractivity contribution in [2.45, 2.75) is 27.7 Å². The Balaban J connectivity index is 2.27. The number of carbonyl (C=O) groups excluding carboxylic acids is 1. The lowest BCUT2D eigenvalue weighted by molar-refractivity contribution is 0.0738. The number of hydrogen-bond acceptors (Lipinski definition) is 4. The van der Waals surface area contributed by atoms with Crippen molar-refractivity contribution in [1.29, 1.82) is 0 Å². The zero-order valence-corrected chi connectivity index (χ0v) is 11.7. The molecule has 1 heterocycles. The minimum absolute atomic E-state index is 0.339. The summed E-state index contributed by atoms with van der Waals surface area (Å²) in [7, 11) is 0. The molecule has 0 aliphatic carbocycles. The molecule has 0 aliphatic rings. The van der Waals surface area contributed by atoms with Crippen molar-refractivity contribution in [2.24, 2.45) is 0 Å². The first-order valence-corrected chi connectivity index (χ1v) is 6.51. The highest BCUT2D eigenvalue weighted by atomic mass is 32.1. The van der Waals surface area contributed by atoms with Crippen LogP contribution in [0.4, 0.5) is 0 Å². The van der Waals surface area contributed by atoms with Gasteiger partial charge in [-0.15, -0.1) is 11.3 Å². The van der Waals surface area contributed by atoms with E-state index in [0.29, 0.717) is 10.6 Å². The van der Waals surface area contributed by atoms with Crippen molar-refractivity contribution < 1.29 is 9.53 Å². The molecule has 0 amide bonds. The molecule has 0 saturated carbocycles. The van der Waals surface area contributed by atoms with Gasteiger partial charge in [0.2, 0.25) is 0 Å². The first kappa shape index (κ1) is 12.8. The zero-order valence-electron chi connectivity index (χ0n) is 10.9. The van der Waals surface area contributed by atoms with Gasteiger partial charge >= 0.3 is 5.97 Å². The van der Waals surface area contributed by atoms with Crippen LogP contribution in [-0.4, -0.2) is 11.0 Å². The van der Waals surface area contributed by atoms with E-state index in [-0.39, 0.29) is 5.97 Å². The standard InChI is InChI=1S/C14H15NO2S/c1-8-5-9(2)10(3)12(6-8)17-14(16)13-7-15-11(4)18-13/h5-7H,1-4H3. The second-order valence-corrected chi connectivity index (χ2v) is 5.57. The number of hydrogen-bond donors (Lipinski definition) is 0. The fraction of sp³-hybridized carbons (Fsp3) is 0.286. The van der Waals surface area contributed by atoms with Crippen LogP contribution in [0.3, 0.4) is 0 Å². The molecule has 1 aromatic heterocycles. The number of aryl methyl sites for hydroxylation is 3. The van der Waals surface area contributed by atoms with Crippen LogP contribution in [-0.2, 0) is 0 Å². The molecule has 94 valence electrons. The van der Waals surface area contributed by atoms with Crippen LogP contribution in [0.1, 0.15) is 31.4 Å². The summed E-state index contributed by atoms with van der Waals surface area (Å²) in [6.07, 6.45) is 1.56. The minimum atomic E-state index is -0.339. The second-order valence-electron chi connectivity index (χ2n) is 4.34. The molecule has 2 rings (SSSR count). The Morgan fingerprint density at radius 2 is 1.94 bits per heavy atom. The van der Waals surface area contributed by atoms with E-state index in [9.17, 15) is 4.79 Å². The first-order valence-electron chi connectivity index (χ1n) is 5.70. The van der Waals surface area contributed by atoms with Gasteiger partial charge in [0.25, 0.3) is 0 Å². The van der Waals surface area contributed by atoms with Crippen molar-refractivity contribution in [2.75, 3.05) is 0 Å². The molecular formula is C14H15NO2S. The van der Waals surface area contributed by atoms with Gasteiger partial charge in [-0.05, 0) is 50.5 Å². The van der Waals surface area contributed by atoms with Gasteiger partial charge in [-0.1, -0.05) is 6.07 Å². The van der Waals surface area contributed by atoms with Crippen LogP contribution in [0.5, 0.6) is 5.75 Å². The minimum Gasteiger partial charge on any atom is -0.422 e. The van der Waals surface area contributed by atoms with E-state index in [2.05, 4.69) is 11.1 Å². The SMILES string of the molecule is Cc1cc(C)c(C)c(OC(=O)c2cnc(C)s2)c1. The maximum atomic E-state index is 12.0. The van der Waals surface area contributed by atoms with Crippen LogP contribution in [0.15, 0.2) is 18.3 Å². The Morgan fingerprint density at radius 1 is 1.22 bits per heavy atom. The number of carbonyl (C=O) groups is 1. The third-order valence-electron chi connectivity index (χ3n) is 2.79. The smallest absolute Gasteiger partial charge is 0.355 e. The summed E-state index contributed by atoms with van der Waals surface area (Å²) in [5.74, 6) is 0.289. The van der Waals surface area contributed by atoms with Crippen molar-refractivity contribution in [3.63, 3.8) is 0 Å². The topological polar surface area (TPSA) is 39.2 Å². The molecule has 0 atom stereocenters. The normalized spacial score (nSPS) is 10.4.